The van der Waals surface area contributed by atoms with E-state index in [1.807, 2.05) is 0 Å². The van der Waals surface area contributed by atoms with Gasteiger partial charge in [0.2, 0.25) is 5.79 Å². The van der Waals surface area contributed by atoms with E-state index in [0.717, 1.165) is 0 Å². The van der Waals surface area contributed by atoms with Crippen molar-refractivity contribution in [1.29, 1.82) is 0 Å². The highest BCUT2D eigenvalue weighted by Crippen LogP contribution is 2.50. The van der Waals surface area contributed by atoms with Crippen molar-refractivity contribution in [3.63, 3.8) is 0 Å². The van der Waals surface area contributed by atoms with E-state index >= 15 is 0 Å². The quantitative estimate of drug-likeness (QED) is 0.0270. The summed E-state index contributed by atoms with van der Waals surface area (Å²) in [6, 6.07) is 0. The van der Waals surface area contributed by atoms with Crippen LogP contribution in [0.15, 0.2) is 0 Å². The standard InChI is InChI=1S/C25H41Cl3O16/c26-6-11-5-24(11,39)23(38)25(40,10-27)44-22-21(37)20(36)17(28)14(43-22)9-42-16(33)4-2-1-3-15(32)41-8-13(31)19(35)18(34)12(30)7-29/h11-14,17-23,29-31,34-40H,1-10H2/t11-,12-,13-,14?,17+,18-,19-,20?,21?,22-,23?,24?,25+/m1/s1. The SMILES string of the molecule is O=C(CCCCC(=O)OC[C@@H](O)[C@@H](O)[C@H](O)[C@H](O)CO)OCC1O[C@H](O[C@@](O)(CCl)C(O)C2(O)C[C@@H]2CCl)C(O)C(O)[C@H]1Cl. The zero-order valence-electron chi connectivity index (χ0n) is 23.5. The van der Waals surface area contributed by atoms with Crippen LogP contribution >= 0.6 is 34.8 Å². The second-order valence-electron chi connectivity index (χ2n) is 10.9. The van der Waals surface area contributed by atoms with Gasteiger partial charge in [-0.1, -0.05) is 0 Å². The van der Waals surface area contributed by atoms with Crippen molar-refractivity contribution >= 4 is 46.7 Å². The maximum atomic E-state index is 12.2. The molecule has 1 saturated carbocycles. The van der Waals surface area contributed by atoms with Gasteiger partial charge in [-0.2, -0.15) is 0 Å². The second kappa shape index (κ2) is 17.5. The van der Waals surface area contributed by atoms with Crippen LogP contribution in [0.1, 0.15) is 32.1 Å². The van der Waals surface area contributed by atoms with Gasteiger partial charge in [-0.05, 0) is 19.3 Å². The zero-order valence-corrected chi connectivity index (χ0v) is 25.7. The van der Waals surface area contributed by atoms with Gasteiger partial charge in [-0.25, -0.2) is 0 Å². The van der Waals surface area contributed by atoms with Crippen LogP contribution in [0.2, 0.25) is 0 Å². The Balaban J connectivity index is 1.77. The van der Waals surface area contributed by atoms with Crippen LogP contribution in [0, 0.1) is 5.92 Å². The summed E-state index contributed by atoms with van der Waals surface area (Å²) >= 11 is 17.7. The molecule has 13 atom stereocenters. The smallest absolute Gasteiger partial charge is 0.305 e. The van der Waals surface area contributed by atoms with Gasteiger partial charge >= 0.3 is 11.9 Å². The fourth-order valence-corrected chi connectivity index (χ4v) is 5.31. The summed E-state index contributed by atoms with van der Waals surface area (Å²) in [5.74, 6) is -5.49. The number of halogens is 3. The van der Waals surface area contributed by atoms with Gasteiger partial charge in [-0.15, -0.1) is 34.8 Å². The molecule has 1 aliphatic heterocycles. The fraction of sp³-hybridized carbons (Fsp3) is 0.920. The van der Waals surface area contributed by atoms with Crippen LogP contribution in [0.25, 0.3) is 0 Å². The highest BCUT2D eigenvalue weighted by atomic mass is 35.5. The van der Waals surface area contributed by atoms with E-state index in [-0.39, 0.29) is 38.0 Å². The largest absolute Gasteiger partial charge is 0.463 e. The van der Waals surface area contributed by atoms with Crippen molar-refractivity contribution in [2.45, 2.75) is 104 Å². The highest BCUT2D eigenvalue weighted by molar-refractivity contribution is 6.21. The number of aliphatic hydroxyl groups is 10. The molecule has 44 heavy (non-hydrogen) atoms. The monoisotopic (exact) mass is 702 g/mol. The first-order valence-electron chi connectivity index (χ1n) is 13.8. The minimum Gasteiger partial charge on any atom is -0.463 e. The third kappa shape index (κ3) is 10.2. The molecular formula is C25H41Cl3O16. The molecular weight excluding hydrogens is 663 g/mol. The molecule has 258 valence electrons. The number of rotatable bonds is 19. The average Bonchev–Trinajstić information content (AvgIpc) is 3.70. The molecule has 0 amide bonds. The lowest BCUT2D eigenvalue weighted by Gasteiger charge is -2.44. The lowest BCUT2D eigenvalue weighted by molar-refractivity contribution is -0.366. The molecule has 0 aromatic rings. The molecule has 1 heterocycles. The van der Waals surface area contributed by atoms with E-state index in [1.165, 1.54) is 0 Å². The van der Waals surface area contributed by atoms with E-state index in [9.17, 15) is 55.5 Å². The highest BCUT2D eigenvalue weighted by Gasteiger charge is 2.64. The van der Waals surface area contributed by atoms with Crippen LogP contribution in [0.5, 0.6) is 0 Å². The van der Waals surface area contributed by atoms with Crippen molar-refractivity contribution in [1.82, 2.24) is 0 Å². The lowest BCUT2D eigenvalue weighted by Crippen LogP contribution is -2.63. The molecule has 0 aromatic carbocycles. The minimum absolute atomic E-state index is 0.0151. The predicted octanol–water partition coefficient (Wildman–Crippen LogP) is -3.58. The van der Waals surface area contributed by atoms with Gasteiger partial charge in [0.1, 0.15) is 67.6 Å². The molecule has 16 nitrogen and oxygen atoms in total. The first kappa shape index (κ1) is 39.5. The Morgan fingerprint density at radius 2 is 1.52 bits per heavy atom. The Hall–Kier alpha value is -0.670. The van der Waals surface area contributed by atoms with Gasteiger partial charge in [-0.3, -0.25) is 9.59 Å². The van der Waals surface area contributed by atoms with Crippen molar-refractivity contribution in [3.8, 4) is 0 Å². The Labute approximate surface area is 267 Å². The zero-order chi connectivity index (χ0) is 33.4. The molecule has 10 N–H and O–H groups in total. The van der Waals surface area contributed by atoms with Crippen molar-refractivity contribution in [2.75, 3.05) is 31.6 Å². The molecule has 2 rings (SSSR count). The van der Waals surface area contributed by atoms with Crippen LogP contribution in [-0.2, 0) is 28.5 Å². The van der Waals surface area contributed by atoms with Crippen LogP contribution in [0.3, 0.4) is 0 Å². The first-order chi connectivity index (χ1) is 20.6. The van der Waals surface area contributed by atoms with E-state index in [1.54, 1.807) is 0 Å². The average molecular weight is 704 g/mol. The summed E-state index contributed by atoms with van der Waals surface area (Å²) in [6.07, 6.45) is -15.7. The number of carbonyl (C=O) groups excluding carboxylic acids is 2. The number of aliphatic hydroxyl groups excluding tert-OH is 8. The third-order valence-electron chi connectivity index (χ3n) is 7.50. The topological polar surface area (TPSA) is 273 Å². The number of esters is 2. The molecule has 0 aromatic heterocycles. The van der Waals surface area contributed by atoms with Crippen LogP contribution in [0.4, 0.5) is 0 Å². The molecule has 0 radical (unpaired) electrons. The van der Waals surface area contributed by atoms with Gasteiger partial charge in [0.05, 0.1) is 17.9 Å². The minimum atomic E-state index is -2.63. The van der Waals surface area contributed by atoms with Crippen molar-refractivity contribution in [2.24, 2.45) is 5.92 Å². The van der Waals surface area contributed by atoms with Gasteiger partial charge in [0.15, 0.2) is 6.29 Å². The van der Waals surface area contributed by atoms with Crippen molar-refractivity contribution < 1.29 is 79.6 Å². The Bertz CT molecular complexity index is 921. The van der Waals surface area contributed by atoms with Crippen molar-refractivity contribution in [3.05, 3.63) is 0 Å². The van der Waals surface area contributed by atoms with E-state index < -0.39 is 115 Å². The molecule has 0 spiro atoms. The predicted molar refractivity (Wildman–Crippen MR) is 148 cm³/mol. The van der Waals surface area contributed by atoms with E-state index in [0.29, 0.717) is 0 Å². The summed E-state index contributed by atoms with van der Waals surface area (Å²) in [5, 5.41) is 98.5. The summed E-state index contributed by atoms with van der Waals surface area (Å²) < 4.78 is 20.7. The van der Waals surface area contributed by atoms with Gasteiger partial charge in [0, 0.05) is 24.6 Å². The maximum Gasteiger partial charge on any atom is 0.305 e. The Kier molecular flexibility index (Phi) is 15.7. The first-order valence-corrected chi connectivity index (χ1v) is 15.3. The molecule has 1 saturated heterocycles. The molecule has 5 unspecified atom stereocenters. The molecule has 2 fully saturated rings. The molecule has 2 aliphatic rings. The van der Waals surface area contributed by atoms with E-state index in [2.05, 4.69) is 0 Å². The van der Waals surface area contributed by atoms with Crippen LogP contribution in [-0.4, -0.2) is 166 Å². The maximum absolute atomic E-state index is 12.2. The second-order valence-corrected chi connectivity index (χ2v) is 12.0. The molecule has 19 heteroatoms. The number of ether oxygens (including phenoxy) is 4. The Morgan fingerprint density at radius 1 is 0.955 bits per heavy atom. The van der Waals surface area contributed by atoms with Gasteiger partial charge in [0.25, 0.3) is 0 Å². The molecule has 0 bridgehead atoms. The lowest BCUT2D eigenvalue weighted by atomic mass is 10.00. The number of hydrogen-bond acceptors (Lipinski definition) is 16. The summed E-state index contributed by atoms with van der Waals surface area (Å²) in [6.45, 7) is -2.07. The normalized spacial score (nSPS) is 33.4. The Morgan fingerprint density at radius 3 is 2.05 bits per heavy atom. The number of carbonyl (C=O) groups is 2. The van der Waals surface area contributed by atoms with E-state index in [4.69, 9.17) is 58.9 Å². The summed E-state index contributed by atoms with van der Waals surface area (Å²) in [7, 11) is 0. The molecule has 1 aliphatic carbocycles. The third-order valence-corrected chi connectivity index (χ3v) is 8.79. The number of hydrogen-bond donors (Lipinski definition) is 10. The summed E-state index contributed by atoms with van der Waals surface area (Å²) in [5.41, 5.74) is -1.80. The summed E-state index contributed by atoms with van der Waals surface area (Å²) in [4.78, 5) is 24.1. The number of unbranched alkanes of at least 4 members (excludes halogenated alkanes) is 1. The number of alkyl halides is 3. The van der Waals surface area contributed by atoms with Crippen LogP contribution < -0.4 is 0 Å². The fourth-order valence-electron chi connectivity index (χ4n) is 4.44. The van der Waals surface area contributed by atoms with Gasteiger partial charge < -0.3 is 70.0 Å².